The van der Waals surface area contributed by atoms with Crippen molar-refractivity contribution in [3.8, 4) is 11.5 Å². The summed E-state index contributed by atoms with van der Waals surface area (Å²) >= 11 is 0. The van der Waals surface area contributed by atoms with Crippen LogP contribution in [0, 0.1) is 0 Å². The van der Waals surface area contributed by atoms with Crippen molar-refractivity contribution >= 4 is 0 Å². The minimum atomic E-state index is -0.848. The predicted octanol–water partition coefficient (Wildman–Crippen LogP) is 1.03. The number of hydrogen-bond donors (Lipinski definition) is 2. The first kappa shape index (κ1) is 13.8. The van der Waals surface area contributed by atoms with E-state index in [2.05, 4.69) is 12.2 Å². The average molecular weight is 317 g/mol. The number of aliphatic hydroxyl groups excluding tert-OH is 2. The Morgan fingerprint density at radius 2 is 2.04 bits per heavy atom. The second-order valence-electron chi connectivity index (χ2n) is 6.72. The third-order valence-corrected chi connectivity index (χ3v) is 5.79. The molecular formula is C17H19NO5. The molecule has 1 unspecified atom stereocenters. The van der Waals surface area contributed by atoms with E-state index in [0.29, 0.717) is 17.9 Å². The number of ether oxygens (including phenoxy) is 3. The third-order valence-electron chi connectivity index (χ3n) is 5.79. The van der Waals surface area contributed by atoms with Gasteiger partial charge in [-0.25, -0.2) is 4.90 Å². The zero-order chi connectivity index (χ0) is 15.8. The standard InChI is InChI=1S/C17H19NO5/c1-21-9-2-3-17-7-15(19)18(14(17)4-9)16(20)10-5-12-13(6-11(10)17)23-8-22-12/h2-3,5-6,9,14-16,19-20H,4,7-8H2,1H3/t9-,14+,15-,16-,17+/m0/s1. The summed E-state index contributed by atoms with van der Waals surface area (Å²) in [5.74, 6) is 1.36. The Morgan fingerprint density at radius 3 is 2.83 bits per heavy atom. The summed E-state index contributed by atoms with van der Waals surface area (Å²) < 4.78 is 16.4. The van der Waals surface area contributed by atoms with E-state index in [9.17, 15) is 10.2 Å². The summed E-state index contributed by atoms with van der Waals surface area (Å²) in [4.78, 5) is 1.81. The van der Waals surface area contributed by atoms with Crippen LogP contribution in [0.25, 0.3) is 0 Å². The monoisotopic (exact) mass is 317 g/mol. The van der Waals surface area contributed by atoms with Gasteiger partial charge in [0.1, 0.15) is 12.5 Å². The molecular weight excluding hydrogens is 298 g/mol. The summed E-state index contributed by atoms with van der Waals surface area (Å²) in [5.41, 5.74) is 1.50. The number of benzene rings is 1. The van der Waals surface area contributed by atoms with Crippen molar-refractivity contribution in [2.45, 2.75) is 42.9 Å². The highest BCUT2D eigenvalue weighted by molar-refractivity contribution is 5.56. The number of rotatable bonds is 1. The molecule has 122 valence electrons. The van der Waals surface area contributed by atoms with Crippen LogP contribution in [0.1, 0.15) is 30.2 Å². The van der Waals surface area contributed by atoms with E-state index in [0.717, 1.165) is 17.5 Å². The Labute approximate surface area is 133 Å². The third kappa shape index (κ3) is 1.61. The van der Waals surface area contributed by atoms with Crippen molar-refractivity contribution in [2.75, 3.05) is 13.9 Å². The Balaban J connectivity index is 1.74. The lowest BCUT2D eigenvalue weighted by Gasteiger charge is -2.47. The molecule has 1 fully saturated rings. The lowest BCUT2D eigenvalue weighted by Crippen LogP contribution is -2.52. The van der Waals surface area contributed by atoms with Crippen molar-refractivity contribution in [3.63, 3.8) is 0 Å². The minimum Gasteiger partial charge on any atom is -0.454 e. The van der Waals surface area contributed by atoms with Crippen LogP contribution in [0.2, 0.25) is 0 Å². The smallest absolute Gasteiger partial charge is 0.231 e. The molecule has 5 rings (SSSR count). The van der Waals surface area contributed by atoms with Gasteiger partial charge in [-0.15, -0.1) is 0 Å². The highest BCUT2D eigenvalue weighted by Crippen LogP contribution is 2.57. The predicted molar refractivity (Wildman–Crippen MR) is 80.0 cm³/mol. The second-order valence-corrected chi connectivity index (χ2v) is 6.72. The number of nitrogens with zero attached hydrogens (tertiary/aromatic N) is 1. The first-order chi connectivity index (χ1) is 11.1. The van der Waals surface area contributed by atoms with Crippen LogP contribution in [-0.4, -0.2) is 47.4 Å². The van der Waals surface area contributed by atoms with E-state index in [-0.39, 0.29) is 24.4 Å². The topological polar surface area (TPSA) is 71.4 Å². The molecule has 6 heteroatoms. The maximum atomic E-state index is 10.8. The largest absolute Gasteiger partial charge is 0.454 e. The molecule has 4 aliphatic rings. The molecule has 0 spiro atoms. The molecule has 1 aromatic carbocycles. The number of hydrogen-bond acceptors (Lipinski definition) is 6. The number of methoxy groups -OCH3 is 1. The van der Waals surface area contributed by atoms with E-state index in [1.165, 1.54) is 0 Å². The molecule has 0 radical (unpaired) electrons. The van der Waals surface area contributed by atoms with Crippen LogP contribution in [-0.2, 0) is 10.2 Å². The summed E-state index contributed by atoms with van der Waals surface area (Å²) in [7, 11) is 1.69. The van der Waals surface area contributed by atoms with Crippen molar-refractivity contribution in [2.24, 2.45) is 0 Å². The molecule has 0 saturated carbocycles. The molecule has 3 aliphatic heterocycles. The van der Waals surface area contributed by atoms with Gasteiger partial charge in [0.25, 0.3) is 0 Å². The normalized spacial score (nSPS) is 42.5. The Kier molecular flexibility index (Phi) is 2.69. The van der Waals surface area contributed by atoms with Crippen LogP contribution in [0.4, 0.5) is 0 Å². The molecule has 23 heavy (non-hydrogen) atoms. The van der Waals surface area contributed by atoms with Crippen molar-refractivity contribution in [3.05, 3.63) is 35.4 Å². The van der Waals surface area contributed by atoms with Crippen LogP contribution >= 0.6 is 0 Å². The van der Waals surface area contributed by atoms with Gasteiger partial charge in [0.15, 0.2) is 11.5 Å². The molecule has 2 N–H and O–H groups in total. The molecule has 3 heterocycles. The number of fused-ring (bicyclic) bond motifs is 2. The van der Waals surface area contributed by atoms with Gasteiger partial charge < -0.3 is 24.4 Å². The minimum absolute atomic E-state index is 0.00341. The van der Waals surface area contributed by atoms with Gasteiger partial charge in [0.2, 0.25) is 6.79 Å². The van der Waals surface area contributed by atoms with E-state index in [1.807, 2.05) is 12.1 Å². The fourth-order valence-corrected chi connectivity index (χ4v) is 4.73. The second kappa shape index (κ2) is 4.48. The van der Waals surface area contributed by atoms with Gasteiger partial charge >= 0.3 is 0 Å². The number of aliphatic hydroxyl groups is 2. The van der Waals surface area contributed by atoms with E-state index in [1.54, 1.807) is 12.0 Å². The lowest BCUT2D eigenvalue weighted by atomic mass is 9.66. The van der Waals surface area contributed by atoms with Gasteiger partial charge in [0.05, 0.1) is 6.10 Å². The van der Waals surface area contributed by atoms with Crippen molar-refractivity contribution in [1.29, 1.82) is 0 Å². The van der Waals surface area contributed by atoms with E-state index < -0.39 is 12.5 Å². The molecule has 0 aromatic heterocycles. The van der Waals surface area contributed by atoms with Crippen LogP contribution in [0.15, 0.2) is 24.3 Å². The maximum absolute atomic E-state index is 10.8. The molecule has 0 amide bonds. The molecule has 2 bridgehead atoms. The maximum Gasteiger partial charge on any atom is 0.231 e. The molecule has 6 nitrogen and oxygen atoms in total. The van der Waals surface area contributed by atoms with Gasteiger partial charge in [-0.2, -0.15) is 0 Å². The van der Waals surface area contributed by atoms with Gasteiger partial charge in [-0.3, -0.25) is 0 Å². The summed E-state index contributed by atoms with van der Waals surface area (Å²) in [6.07, 6.45) is 4.00. The SMILES string of the molecule is CO[C@H]1C=C[C@@]23C[C@H](O)N([C@@H](O)c4cc5c(cc42)OCO5)[C@@H]3C1. The fraction of sp³-hybridized carbons (Fsp3) is 0.529. The highest BCUT2D eigenvalue weighted by Gasteiger charge is 2.59. The first-order valence-electron chi connectivity index (χ1n) is 7.94. The zero-order valence-electron chi connectivity index (χ0n) is 12.8. The van der Waals surface area contributed by atoms with Crippen LogP contribution in [0.5, 0.6) is 11.5 Å². The molecule has 1 aliphatic carbocycles. The summed E-state index contributed by atoms with van der Waals surface area (Å²) in [6, 6.07) is 3.83. The molecule has 1 aromatic rings. The average Bonchev–Trinajstić information content (AvgIpc) is 3.10. The van der Waals surface area contributed by atoms with Crippen molar-refractivity contribution in [1.82, 2.24) is 4.90 Å². The summed E-state index contributed by atoms with van der Waals surface area (Å²) in [5, 5.41) is 21.4. The highest BCUT2D eigenvalue weighted by atomic mass is 16.7. The van der Waals surface area contributed by atoms with Crippen LogP contribution < -0.4 is 9.47 Å². The Hall–Kier alpha value is -1.60. The van der Waals surface area contributed by atoms with Gasteiger partial charge in [-0.1, -0.05) is 12.2 Å². The quantitative estimate of drug-likeness (QED) is 0.754. The van der Waals surface area contributed by atoms with E-state index in [4.69, 9.17) is 14.2 Å². The van der Waals surface area contributed by atoms with Gasteiger partial charge in [0, 0.05) is 30.6 Å². The van der Waals surface area contributed by atoms with Crippen LogP contribution in [0.3, 0.4) is 0 Å². The first-order valence-corrected chi connectivity index (χ1v) is 7.94. The van der Waals surface area contributed by atoms with E-state index >= 15 is 0 Å². The summed E-state index contributed by atoms with van der Waals surface area (Å²) in [6.45, 7) is 0.207. The zero-order valence-corrected chi connectivity index (χ0v) is 12.8. The lowest BCUT2D eigenvalue weighted by molar-refractivity contribution is -0.112. The Morgan fingerprint density at radius 1 is 1.26 bits per heavy atom. The van der Waals surface area contributed by atoms with Crippen molar-refractivity contribution < 1.29 is 24.4 Å². The van der Waals surface area contributed by atoms with Gasteiger partial charge in [-0.05, 0) is 24.1 Å². The Bertz CT molecular complexity index is 704. The molecule has 1 saturated heterocycles. The molecule has 6 atom stereocenters. The fourth-order valence-electron chi connectivity index (χ4n) is 4.73.